The molecule has 0 radical (unpaired) electrons. The maximum Gasteiger partial charge on any atom is 0.124 e. The Labute approximate surface area is 113 Å². The molecule has 98 valence electrons. The van der Waals surface area contributed by atoms with Gasteiger partial charge in [0, 0.05) is 13.2 Å². The number of fused-ring (bicyclic) bond motifs is 1. The molecule has 18 heavy (non-hydrogen) atoms. The summed E-state index contributed by atoms with van der Waals surface area (Å²) in [6.45, 7) is 6.59. The molecule has 0 bridgehead atoms. The molecule has 0 N–H and O–H groups in total. The van der Waals surface area contributed by atoms with Crippen LogP contribution in [-0.4, -0.2) is 22.8 Å². The summed E-state index contributed by atoms with van der Waals surface area (Å²) in [6, 6.07) is 8.10. The second kappa shape index (κ2) is 6.21. The number of nitrogens with zero attached hydrogens (tertiary/aromatic N) is 2. The lowest BCUT2D eigenvalue weighted by Crippen LogP contribution is -2.11. The molecule has 1 heterocycles. The molecule has 0 saturated heterocycles. The molecule has 0 aliphatic heterocycles. The highest BCUT2D eigenvalue weighted by Gasteiger charge is 2.08. The fourth-order valence-electron chi connectivity index (χ4n) is 1.95. The van der Waals surface area contributed by atoms with Gasteiger partial charge in [0.05, 0.1) is 23.5 Å². The summed E-state index contributed by atoms with van der Waals surface area (Å²) in [5, 5.41) is 0. The maximum absolute atomic E-state index is 5.94. The van der Waals surface area contributed by atoms with Gasteiger partial charge in [0.1, 0.15) is 5.82 Å². The van der Waals surface area contributed by atoms with Crippen LogP contribution in [0.15, 0.2) is 24.3 Å². The number of aromatic nitrogens is 2. The van der Waals surface area contributed by atoms with Crippen molar-refractivity contribution >= 4 is 22.6 Å². The number of imidazole rings is 1. The zero-order valence-corrected chi connectivity index (χ0v) is 11.7. The number of halogens is 1. The van der Waals surface area contributed by atoms with Crippen molar-refractivity contribution in [1.29, 1.82) is 0 Å². The van der Waals surface area contributed by atoms with Crippen molar-refractivity contribution in [2.24, 2.45) is 5.92 Å². The third kappa shape index (κ3) is 3.03. The smallest absolute Gasteiger partial charge is 0.124 e. The lowest BCUT2D eigenvalue weighted by atomic mass is 10.2. The van der Waals surface area contributed by atoms with Crippen molar-refractivity contribution < 1.29 is 4.74 Å². The van der Waals surface area contributed by atoms with Gasteiger partial charge >= 0.3 is 0 Å². The van der Waals surface area contributed by atoms with Crippen LogP contribution in [0.2, 0.25) is 0 Å². The fraction of sp³-hybridized carbons (Fsp3) is 0.500. The molecular weight excluding hydrogens is 248 g/mol. The summed E-state index contributed by atoms with van der Waals surface area (Å²) in [4.78, 5) is 4.52. The third-order valence-corrected chi connectivity index (χ3v) is 3.00. The standard InChI is InChI=1S/C14H19ClN2O/c1-11(2)10-18-8-7-17-13-6-4-3-5-12(13)16-14(17)9-15/h3-6,11H,7-10H2,1-2H3. The van der Waals surface area contributed by atoms with Crippen LogP contribution in [-0.2, 0) is 17.2 Å². The van der Waals surface area contributed by atoms with Gasteiger partial charge < -0.3 is 9.30 Å². The molecule has 1 aromatic heterocycles. The molecule has 0 aliphatic rings. The topological polar surface area (TPSA) is 27.1 Å². The fourth-order valence-corrected chi connectivity index (χ4v) is 2.16. The number of hydrogen-bond acceptors (Lipinski definition) is 2. The van der Waals surface area contributed by atoms with Crippen LogP contribution < -0.4 is 0 Å². The van der Waals surface area contributed by atoms with Gasteiger partial charge in [0.2, 0.25) is 0 Å². The van der Waals surface area contributed by atoms with Crippen molar-refractivity contribution in [1.82, 2.24) is 9.55 Å². The summed E-state index contributed by atoms with van der Waals surface area (Å²) in [5.41, 5.74) is 2.12. The molecule has 0 amide bonds. The Balaban J connectivity index is 2.10. The van der Waals surface area contributed by atoms with Gasteiger partial charge in [0.25, 0.3) is 0 Å². The number of para-hydroxylation sites is 2. The molecule has 0 unspecified atom stereocenters. The first-order valence-corrected chi connectivity index (χ1v) is 6.83. The summed E-state index contributed by atoms with van der Waals surface area (Å²) in [7, 11) is 0. The van der Waals surface area contributed by atoms with Gasteiger partial charge in [-0.05, 0) is 18.1 Å². The van der Waals surface area contributed by atoms with E-state index in [-0.39, 0.29) is 0 Å². The van der Waals surface area contributed by atoms with Crippen LogP contribution >= 0.6 is 11.6 Å². The normalized spacial score (nSPS) is 11.6. The molecule has 0 aliphatic carbocycles. The van der Waals surface area contributed by atoms with E-state index in [0.29, 0.717) is 18.4 Å². The van der Waals surface area contributed by atoms with E-state index in [4.69, 9.17) is 16.3 Å². The Bertz CT molecular complexity index is 507. The van der Waals surface area contributed by atoms with E-state index >= 15 is 0 Å². The van der Waals surface area contributed by atoms with Gasteiger partial charge in [0.15, 0.2) is 0 Å². The van der Waals surface area contributed by atoms with Crippen LogP contribution in [0.3, 0.4) is 0 Å². The summed E-state index contributed by atoms with van der Waals surface area (Å²) in [6.07, 6.45) is 0. The maximum atomic E-state index is 5.94. The van der Waals surface area contributed by atoms with Gasteiger partial charge in [-0.15, -0.1) is 11.6 Å². The van der Waals surface area contributed by atoms with Crippen molar-refractivity contribution in [3.63, 3.8) is 0 Å². The first-order chi connectivity index (χ1) is 8.72. The van der Waals surface area contributed by atoms with Crippen LogP contribution in [0.5, 0.6) is 0 Å². The molecular formula is C14H19ClN2O. The van der Waals surface area contributed by atoms with Crippen LogP contribution in [0.25, 0.3) is 11.0 Å². The van der Waals surface area contributed by atoms with E-state index in [1.165, 1.54) is 0 Å². The molecule has 2 aromatic rings. The number of rotatable bonds is 6. The summed E-state index contributed by atoms with van der Waals surface area (Å²) < 4.78 is 7.77. The lowest BCUT2D eigenvalue weighted by Gasteiger charge is -2.10. The largest absolute Gasteiger partial charge is 0.379 e. The Morgan fingerprint density at radius 1 is 1.33 bits per heavy atom. The minimum Gasteiger partial charge on any atom is -0.379 e. The third-order valence-electron chi connectivity index (χ3n) is 2.76. The van der Waals surface area contributed by atoms with Crippen LogP contribution in [0.1, 0.15) is 19.7 Å². The highest BCUT2D eigenvalue weighted by molar-refractivity contribution is 6.16. The zero-order chi connectivity index (χ0) is 13.0. The first-order valence-electron chi connectivity index (χ1n) is 6.30. The van der Waals surface area contributed by atoms with Crippen molar-refractivity contribution in [3.8, 4) is 0 Å². The minimum atomic E-state index is 0.429. The van der Waals surface area contributed by atoms with E-state index in [1.807, 2.05) is 18.2 Å². The monoisotopic (exact) mass is 266 g/mol. The van der Waals surface area contributed by atoms with E-state index in [1.54, 1.807) is 0 Å². The lowest BCUT2D eigenvalue weighted by molar-refractivity contribution is 0.103. The molecule has 2 rings (SSSR count). The molecule has 3 nitrogen and oxygen atoms in total. The van der Waals surface area contributed by atoms with E-state index < -0.39 is 0 Å². The van der Waals surface area contributed by atoms with Gasteiger partial charge in [-0.1, -0.05) is 26.0 Å². The molecule has 0 saturated carbocycles. The van der Waals surface area contributed by atoms with Gasteiger partial charge in [-0.3, -0.25) is 0 Å². The predicted octanol–water partition coefficient (Wildman–Crippen LogP) is 3.45. The van der Waals surface area contributed by atoms with Gasteiger partial charge in [-0.2, -0.15) is 0 Å². The quantitative estimate of drug-likeness (QED) is 0.592. The number of ether oxygens (including phenoxy) is 1. The number of alkyl halides is 1. The molecule has 4 heteroatoms. The average molecular weight is 267 g/mol. The summed E-state index contributed by atoms with van der Waals surface area (Å²) >= 11 is 5.94. The van der Waals surface area contributed by atoms with Crippen molar-refractivity contribution in [2.45, 2.75) is 26.3 Å². The van der Waals surface area contributed by atoms with E-state index in [0.717, 1.165) is 30.0 Å². The van der Waals surface area contributed by atoms with E-state index in [9.17, 15) is 0 Å². The molecule has 1 aromatic carbocycles. The second-order valence-electron chi connectivity index (χ2n) is 4.77. The van der Waals surface area contributed by atoms with E-state index in [2.05, 4.69) is 29.5 Å². The first kappa shape index (κ1) is 13.4. The average Bonchev–Trinajstić information content (AvgIpc) is 2.72. The molecule has 0 atom stereocenters. The van der Waals surface area contributed by atoms with Crippen LogP contribution in [0.4, 0.5) is 0 Å². The predicted molar refractivity (Wildman–Crippen MR) is 74.9 cm³/mol. The Morgan fingerprint density at radius 2 is 2.11 bits per heavy atom. The Hall–Kier alpha value is -1.06. The van der Waals surface area contributed by atoms with Crippen molar-refractivity contribution in [3.05, 3.63) is 30.1 Å². The number of hydrogen-bond donors (Lipinski definition) is 0. The minimum absolute atomic E-state index is 0.429. The molecule has 0 spiro atoms. The van der Waals surface area contributed by atoms with Crippen LogP contribution in [0, 0.1) is 5.92 Å². The highest BCUT2D eigenvalue weighted by Crippen LogP contribution is 2.17. The zero-order valence-electron chi connectivity index (χ0n) is 10.9. The summed E-state index contributed by atoms with van der Waals surface area (Å²) in [5.74, 6) is 1.90. The van der Waals surface area contributed by atoms with Crippen molar-refractivity contribution in [2.75, 3.05) is 13.2 Å². The SMILES string of the molecule is CC(C)COCCn1c(CCl)nc2ccccc21. The second-order valence-corrected chi connectivity index (χ2v) is 5.04. The van der Waals surface area contributed by atoms with Gasteiger partial charge in [-0.25, -0.2) is 4.98 Å². The highest BCUT2D eigenvalue weighted by atomic mass is 35.5. The Kier molecular flexibility index (Phi) is 4.61. The molecule has 0 fully saturated rings. The Morgan fingerprint density at radius 3 is 2.83 bits per heavy atom. The number of benzene rings is 1.